The Hall–Kier alpha value is -3.23. The fraction of sp³-hybridized carbons (Fsp3) is 0.353. The van der Waals surface area contributed by atoms with Crippen LogP contribution in [-0.4, -0.2) is 36.3 Å². The number of rotatable bonds is 3. The van der Waals surface area contributed by atoms with Gasteiger partial charge in [-0.2, -0.15) is 5.10 Å². The highest BCUT2D eigenvalue weighted by Gasteiger charge is 2.22. The Labute approximate surface area is 147 Å². The van der Waals surface area contributed by atoms with Gasteiger partial charge in [0.25, 0.3) is 5.56 Å². The van der Waals surface area contributed by atoms with E-state index >= 15 is 0 Å². The van der Waals surface area contributed by atoms with Gasteiger partial charge in [-0.05, 0) is 25.5 Å². The van der Waals surface area contributed by atoms with Crippen LogP contribution < -0.4 is 16.6 Å². The highest BCUT2D eigenvalue weighted by atomic mass is 16.2. The molecule has 2 aromatic heterocycles. The number of carbonyl (C=O) groups excluding carboxylic acids is 1. The van der Waals surface area contributed by atoms with Gasteiger partial charge in [-0.15, -0.1) is 0 Å². The summed E-state index contributed by atoms with van der Waals surface area (Å²) >= 11 is 0. The Bertz CT molecular complexity index is 1110. The number of aromatic nitrogens is 5. The molecule has 1 aromatic carbocycles. The van der Waals surface area contributed by atoms with Crippen LogP contribution in [0.25, 0.3) is 10.9 Å². The molecule has 0 spiro atoms. The normalized spacial score (nSPS) is 16.4. The largest absolute Gasteiger partial charge is 0.350 e. The van der Waals surface area contributed by atoms with Gasteiger partial charge >= 0.3 is 5.69 Å². The van der Waals surface area contributed by atoms with Crippen molar-refractivity contribution in [2.45, 2.75) is 38.9 Å². The molecule has 0 bridgehead atoms. The molecule has 0 aliphatic carbocycles. The standard InChI is InChI=1S/C17H18N6O3/c1-10-18-14-7-6-11(8-23(14)21-10)19-15(24)9-22-13-5-3-2-4-12(13)16(25)20-17(22)26/h2-5,11H,6-9H2,1H3,(H,19,24)(H,20,25,26). The second-order valence-electron chi connectivity index (χ2n) is 6.42. The molecular weight excluding hydrogens is 336 g/mol. The molecule has 1 amide bonds. The summed E-state index contributed by atoms with van der Waals surface area (Å²) < 4.78 is 3.09. The van der Waals surface area contributed by atoms with Crippen LogP contribution in [0.3, 0.4) is 0 Å². The van der Waals surface area contributed by atoms with Crippen molar-refractivity contribution >= 4 is 16.8 Å². The number of nitrogens with zero attached hydrogens (tertiary/aromatic N) is 4. The molecule has 1 aliphatic heterocycles. The predicted molar refractivity (Wildman–Crippen MR) is 93.8 cm³/mol. The van der Waals surface area contributed by atoms with E-state index in [2.05, 4.69) is 20.4 Å². The highest BCUT2D eigenvalue weighted by molar-refractivity contribution is 5.81. The van der Waals surface area contributed by atoms with Gasteiger partial charge in [0.15, 0.2) is 0 Å². The Morgan fingerprint density at radius 3 is 3.00 bits per heavy atom. The van der Waals surface area contributed by atoms with Gasteiger partial charge < -0.3 is 5.32 Å². The van der Waals surface area contributed by atoms with Crippen molar-refractivity contribution in [3.8, 4) is 0 Å². The molecule has 0 fully saturated rings. The minimum Gasteiger partial charge on any atom is -0.350 e. The number of hydrogen-bond donors (Lipinski definition) is 2. The third-order valence-electron chi connectivity index (χ3n) is 4.54. The lowest BCUT2D eigenvalue weighted by Crippen LogP contribution is -2.44. The number of fused-ring (bicyclic) bond motifs is 2. The summed E-state index contributed by atoms with van der Waals surface area (Å²) in [5, 5.41) is 7.64. The molecule has 1 aliphatic rings. The first kappa shape index (κ1) is 16.2. The van der Waals surface area contributed by atoms with Gasteiger partial charge in [-0.3, -0.25) is 19.1 Å². The number of nitrogens with one attached hydrogen (secondary N) is 2. The number of benzene rings is 1. The molecule has 2 N–H and O–H groups in total. The van der Waals surface area contributed by atoms with E-state index in [9.17, 15) is 14.4 Å². The van der Waals surface area contributed by atoms with E-state index in [0.29, 0.717) is 17.4 Å². The van der Waals surface area contributed by atoms with E-state index in [1.807, 2.05) is 11.6 Å². The Morgan fingerprint density at radius 1 is 1.35 bits per heavy atom. The van der Waals surface area contributed by atoms with Crippen molar-refractivity contribution in [1.82, 2.24) is 29.6 Å². The van der Waals surface area contributed by atoms with Crippen LogP contribution in [0.1, 0.15) is 18.1 Å². The molecular formula is C17H18N6O3. The second-order valence-corrected chi connectivity index (χ2v) is 6.42. The predicted octanol–water partition coefficient (Wildman–Crippen LogP) is -0.279. The minimum absolute atomic E-state index is 0.0687. The first-order valence-electron chi connectivity index (χ1n) is 8.43. The smallest absolute Gasteiger partial charge is 0.329 e. The summed E-state index contributed by atoms with van der Waals surface area (Å²) in [6.45, 7) is 2.24. The van der Waals surface area contributed by atoms with Gasteiger partial charge in [0.05, 0.1) is 17.4 Å². The first-order chi connectivity index (χ1) is 12.5. The highest BCUT2D eigenvalue weighted by Crippen LogP contribution is 2.13. The Kier molecular flexibility index (Phi) is 3.90. The lowest BCUT2D eigenvalue weighted by atomic mass is 10.1. The maximum absolute atomic E-state index is 12.5. The molecule has 4 rings (SSSR count). The Morgan fingerprint density at radius 2 is 2.15 bits per heavy atom. The summed E-state index contributed by atoms with van der Waals surface area (Å²) in [4.78, 5) is 43.1. The molecule has 1 unspecified atom stereocenters. The van der Waals surface area contributed by atoms with Crippen molar-refractivity contribution in [2.75, 3.05) is 0 Å². The molecule has 3 heterocycles. The van der Waals surface area contributed by atoms with Gasteiger partial charge in [0.2, 0.25) is 5.91 Å². The van der Waals surface area contributed by atoms with Crippen LogP contribution >= 0.6 is 0 Å². The number of amides is 1. The lowest BCUT2D eigenvalue weighted by Gasteiger charge is -2.23. The van der Waals surface area contributed by atoms with E-state index in [4.69, 9.17) is 0 Å². The van der Waals surface area contributed by atoms with E-state index < -0.39 is 11.2 Å². The van der Waals surface area contributed by atoms with Crippen LogP contribution in [0.2, 0.25) is 0 Å². The van der Waals surface area contributed by atoms with Crippen molar-refractivity contribution in [1.29, 1.82) is 0 Å². The molecule has 1 atom stereocenters. The van der Waals surface area contributed by atoms with E-state index in [0.717, 1.165) is 24.5 Å². The fourth-order valence-electron chi connectivity index (χ4n) is 3.37. The van der Waals surface area contributed by atoms with Crippen LogP contribution in [-0.2, 0) is 24.3 Å². The number of hydrogen-bond acceptors (Lipinski definition) is 5. The fourth-order valence-corrected chi connectivity index (χ4v) is 3.37. The van der Waals surface area contributed by atoms with Gasteiger partial charge in [-0.25, -0.2) is 14.5 Å². The molecule has 9 heteroatoms. The van der Waals surface area contributed by atoms with Gasteiger partial charge in [-0.1, -0.05) is 12.1 Å². The number of aryl methyl sites for hydroxylation is 2. The first-order valence-corrected chi connectivity index (χ1v) is 8.43. The van der Waals surface area contributed by atoms with Crippen LogP contribution in [0.4, 0.5) is 0 Å². The topological polar surface area (TPSA) is 115 Å². The maximum atomic E-state index is 12.5. The summed E-state index contributed by atoms with van der Waals surface area (Å²) in [5.74, 6) is 1.36. The second kappa shape index (κ2) is 6.25. The zero-order valence-corrected chi connectivity index (χ0v) is 14.2. The average molecular weight is 354 g/mol. The number of para-hydroxylation sites is 1. The monoisotopic (exact) mass is 354 g/mol. The number of aromatic amines is 1. The molecule has 0 saturated heterocycles. The van der Waals surface area contributed by atoms with Crippen LogP contribution in [0.5, 0.6) is 0 Å². The van der Waals surface area contributed by atoms with Gasteiger partial charge in [0, 0.05) is 12.5 Å². The maximum Gasteiger partial charge on any atom is 0.329 e. The zero-order chi connectivity index (χ0) is 18.3. The average Bonchev–Trinajstić information content (AvgIpc) is 2.98. The summed E-state index contributed by atoms with van der Waals surface area (Å²) in [5.41, 5.74) is -0.612. The zero-order valence-electron chi connectivity index (χ0n) is 14.2. The van der Waals surface area contributed by atoms with Crippen LogP contribution in [0, 0.1) is 6.92 Å². The third-order valence-corrected chi connectivity index (χ3v) is 4.54. The van der Waals surface area contributed by atoms with Crippen molar-refractivity contribution < 1.29 is 4.79 Å². The van der Waals surface area contributed by atoms with Crippen molar-refractivity contribution in [3.05, 3.63) is 56.8 Å². The number of carbonyl (C=O) groups is 1. The summed E-state index contributed by atoms with van der Waals surface area (Å²) in [7, 11) is 0. The van der Waals surface area contributed by atoms with E-state index in [1.54, 1.807) is 24.3 Å². The summed E-state index contributed by atoms with van der Waals surface area (Å²) in [6, 6.07) is 6.65. The van der Waals surface area contributed by atoms with E-state index in [1.165, 1.54) is 4.57 Å². The SMILES string of the molecule is Cc1nc2n(n1)CC(NC(=O)Cn1c(=O)[nH]c(=O)c3ccccc31)CC2. The van der Waals surface area contributed by atoms with Crippen molar-refractivity contribution in [2.24, 2.45) is 0 Å². The molecule has 134 valence electrons. The summed E-state index contributed by atoms with van der Waals surface area (Å²) in [6.07, 6.45) is 1.51. The molecule has 26 heavy (non-hydrogen) atoms. The van der Waals surface area contributed by atoms with Crippen LogP contribution in [0.15, 0.2) is 33.9 Å². The lowest BCUT2D eigenvalue weighted by molar-refractivity contribution is -0.122. The molecule has 3 aromatic rings. The quantitative estimate of drug-likeness (QED) is 0.671. The van der Waals surface area contributed by atoms with Crippen molar-refractivity contribution in [3.63, 3.8) is 0 Å². The Balaban J connectivity index is 1.54. The minimum atomic E-state index is -0.596. The molecule has 0 saturated carbocycles. The third kappa shape index (κ3) is 2.92. The number of H-pyrrole nitrogens is 1. The van der Waals surface area contributed by atoms with Gasteiger partial charge in [0.1, 0.15) is 18.2 Å². The molecule has 9 nitrogen and oxygen atoms in total. The molecule has 0 radical (unpaired) electrons. The van der Waals surface area contributed by atoms with E-state index in [-0.39, 0.29) is 18.5 Å².